The van der Waals surface area contributed by atoms with Crippen molar-refractivity contribution in [1.29, 1.82) is 0 Å². The summed E-state index contributed by atoms with van der Waals surface area (Å²) in [6.07, 6.45) is 0. The summed E-state index contributed by atoms with van der Waals surface area (Å²) in [7, 11) is 0. The Bertz CT molecular complexity index is 170. The Kier molecular flexibility index (Phi) is 3.85. The summed E-state index contributed by atoms with van der Waals surface area (Å²) >= 11 is -2.34. The second-order valence-electron chi connectivity index (χ2n) is 3.15. The molecule has 0 amide bonds. The Morgan fingerprint density at radius 1 is 1.55 bits per heavy atom. The van der Waals surface area contributed by atoms with Gasteiger partial charge in [-0.3, -0.25) is 13.5 Å². The van der Waals surface area contributed by atoms with Crippen LogP contribution in [0.1, 0.15) is 20.8 Å². The van der Waals surface area contributed by atoms with E-state index in [4.69, 9.17) is 4.55 Å². The molecule has 0 aliphatic heterocycles. The van der Waals surface area contributed by atoms with E-state index in [0.717, 1.165) is 0 Å². The van der Waals surface area contributed by atoms with Gasteiger partial charge in [0.15, 0.2) is 5.78 Å². The van der Waals surface area contributed by atoms with Crippen molar-refractivity contribution in [2.45, 2.75) is 20.8 Å². The van der Waals surface area contributed by atoms with E-state index in [2.05, 4.69) is 4.18 Å². The number of ketones is 1. The third-order valence-corrected chi connectivity index (χ3v) is 1.45. The zero-order valence-corrected chi connectivity index (χ0v) is 7.60. The SMILES string of the molecule is CC(C)(C)C(=O)COS(=O)O. The maximum Gasteiger partial charge on any atom is 0.302 e. The molecule has 0 aromatic heterocycles. The van der Waals surface area contributed by atoms with Crippen LogP contribution < -0.4 is 0 Å². The summed E-state index contributed by atoms with van der Waals surface area (Å²) in [5, 5.41) is 0. The first kappa shape index (κ1) is 10.7. The van der Waals surface area contributed by atoms with E-state index in [1.165, 1.54) is 0 Å². The van der Waals surface area contributed by atoms with Crippen LogP contribution in [0.4, 0.5) is 0 Å². The molecule has 0 aromatic carbocycles. The summed E-state index contributed by atoms with van der Waals surface area (Å²) < 4.78 is 22.3. The lowest BCUT2D eigenvalue weighted by Gasteiger charge is -2.14. The third-order valence-electron chi connectivity index (χ3n) is 1.13. The van der Waals surface area contributed by atoms with Gasteiger partial charge in [-0.2, -0.15) is 4.21 Å². The van der Waals surface area contributed by atoms with Crippen molar-refractivity contribution in [3.05, 3.63) is 0 Å². The number of carbonyl (C=O) groups is 1. The van der Waals surface area contributed by atoms with Crippen LogP contribution in [0, 0.1) is 5.41 Å². The maximum atomic E-state index is 11.0. The molecule has 1 unspecified atom stereocenters. The molecule has 0 spiro atoms. The molecule has 0 saturated heterocycles. The predicted octanol–water partition coefficient (Wildman–Crippen LogP) is 0.755. The molecular weight excluding hydrogens is 168 g/mol. The minimum absolute atomic E-state index is 0.195. The van der Waals surface area contributed by atoms with Crippen molar-refractivity contribution in [2.75, 3.05) is 6.61 Å². The Morgan fingerprint density at radius 3 is 2.27 bits per heavy atom. The molecule has 1 N–H and O–H groups in total. The fraction of sp³-hybridized carbons (Fsp3) is 0.833. The van der Waals surface area contributed by atoms with Crippen LogP contribution in [0.2, 0.25) is 0 Å². The van der Waals surface area contributed by atoms with E-state index in [9.17, 15) is 9.00 Å². The quantitative estimate of drug-likeness (QED) is 0.651. The molecule has 0 aromatic rings. The molecule has 0 bridgehead atoms. The van der Waals surface area contributed by atoms with Crippen molar-refractivity contribution >= 4 is 17.1 Å². The summed E-state index contributed by atoms with van der Waals surface area (Å²) in [5.41, 5.74) is -0.515. The van der Waals surface area contributed by atoms with Gasteiger partial charge in [-0.05, 0) is 0 Å². The van der Waals surface area contributed by atoms with E-state index in [1.54, 1.807) is 20.8 Å². The molecule has 0 radical (unpaired) electrons. The molecule has 0 aliphatic carbocycles. The first-order valence-electron chi connectivity index (χ1n) is 3.11. The van der Waals surface area contributed by atoms with Gasteiger partial charge in [0, 0.05) is 5.41 Å². The van der Waals surface area contributed by atoms with Crippen molar-refractivity contribution in [2.24, 2.45) is 5.41 Å². The van der Waals surface area contributed by atoms with Crippen LogP contribution in [-0.2, 0) is 20.3 Å². The third kappa shape index (κ3) is 5.06. The lowest BCUT2D eigenvalue weighted by molar-refractivity contribution is -0.128. The Balaban J connectivity index is 3.80. The van der Waals surface area contributed by atoms with Crippen LogP contribution in [0.15, 0.2) is 0 Å². The average Bonchev–Trinajstić information content (AvgIpc) is 1.80. The largest absolute Gasteiger partial charge is 0.302 e. The smallest absolute Gasteiger partial charge is 0.296 e. The lowest BCUT2D eigenvalue weighted by Crippen LogP contribution is -2.25. The minimum atomic E-state index is -2.34. The molecule has 5 heteroatoms. The van der Waals surface area contributed by atoms with E-state index in [1.807, 2.05) is 0 Å². The summed E-state index contributed by atoms with van der Waals surface area (Å²) in [5.74, 6) is -0.195. The number of carbonyl (C=O) groups excluding carboxylic acids is 1. The van der Waals surface area contributed by atoms with Crippen molar-refractivity contribution in [3.8, 4) is 0 Å². The highest BCUT2D eigenvalue weighted by Crippen LogP contribution is 2.14. The molecule has 11 heavy (non-hydrogen) atoms. The first-order chi connectivity index (χ1) is 4.84. The predicted molar refractivity (Wildman–Crippen MR) is 41.2 cm³/mol. The Hall–Kier alpha value is -0.260. The number of hydrogen-bond donors (Lipinski definition) is 1. The van der Waals surface area contributed by atoms with E-state index in [-0.39, 0.29) is 12.4 Å². The second-order valence-corrected chi connectivity index (χ2v) is 3.82. The van der Waals surface area contributed by atoms with Gasteiger partial charge in [-0.15, -0.1) is 0 Å². The summed E-state index contributed by atoms with van der Waals surface area (Å²) in [6.45, 7) is 4.85. The van der Waals surface area contributed by atoms with Gasteiger partial charge in [0.1, 0.15) is 6.61 Å². The molecule has 0 saturated carbocycles. The van der Waals surface area contributed by atoms with Crippen molar-refractivity contribution in [3.63, 3.8) is 0 Å². The molecule has 0 rings (SSSR count). The van der Waals surface area contributed by atoms with Gasteiger partial charge in [-0.25, -0.2) is 0 Å². The standard InChI is InChI=1S/C6H12O4S/c1-6(2,3)5(7)4-10-11(8)9/h4H2,1-3H3,(H,8,9). The van der Waals surface area contributed by atoms with E-state index >= 15 is 0 Å². The number of rotatable bonds is 3. The van der Waals surface area contributed by atoms with Crippen LogP contribution in [0.25, 0.3) is 0 Å². The van der Waals surface area contributed by atoms with E-state index < -0.39 is 16.8 Å². The Morgan fingerprint density at radius 2 is 2.00 bits per heavy atom. The van der Waals surface area contributed by atoms with Gasteiger partial charge in [0.25, 0.3) is 0 Å². The lowest BCUT2D eigenvalue weighted by atomic mass is 9.91. The Labute approximate surface area is 68.4 Å². The fourth-order valence-electron chi connectivity index (χ4n) is 0.320. The maximum absolute atomic E-state index is 11.0. The topological polar surface area (TPSA) is 63.6 Å². The number of hydrogen-bond acceptors (Lipinski definition) is 3. The molecule has 0 heterocycles. The normalized spacial score (nSPS) is 14.5. The average molecular weight is 180 g/mol. The molecule has 4 nitrogen and oxygen atoms in total. The first-order valence-corrected chi connectivity index (χ1v) is 4.14. The molecule has 1 atom stereocenters. The van der Waals surface area contributed by atoms with Crippen LogP contribution in [0.5, 0.6) is 0 Å². The highest BCUT2D eigenvalue weighted by Gasteiger charge is 2.21. The highest BCUT2D eigenvalue weighted by molar-refractivity contribution is 7.74. The second kappa shape index (κ2) is 3.94. The van der Waals surface area contributed by atoms with Gasteiger partial charge < -0.3 is 0 Å². The zero-order chi connectivity index (χ0) is 9.07. The molecule has 0 fully saturated rings. The summed E-state index contributed by atoms with van der Waals surface area (Å²) in [4.78, 5) is 11.0. The van der Waals surface area contributed by atoms with Crippen LogP contribution in [-0.4, -0.2) is 21.2 Å². The monoisotopic (exact) mass is 180 g/mol. The summed E-state index contributed by atoms with van der Waals surface area (Å²) in [6, 6.07) is 0. The molecule has 66 valence electrons. The van der Waals surface area contributed by atoms with Gasteiger partial charge >= 0.3 is 11.4 Å². The van der Waals surface area contributed by atoms with Crippen molar-refractivity contribution in [1.82, 2.24) is 0 Å². The van der Waals surface area contributed by atoms with Gasteiger partial charge in [-0.1, -0.05) is 20.8 Å². The van der Waals surface area contributed by atoms with Gasteiger partial charge in [0.2, 0.25) is 0 Å². The van der Waals surface area contributed by atoms with Crippen LogP contribution >= 0.6 is 0 Å². The van der Waals surface area contributed by atoms with Crippen molar-refractivity contribution < 1.29 is 17.7 Å². The fourth-order valence-corrected chi connectivity index (χ4v) is 0.528. The minimum Gasteiger partial charge on any atom is -0.296 e. The molecule has 0 aliphatic rings. The number of Topliss-reactive ketones (excluding diaryl/α,β-unsaturated/α-hetero) is 1. The van der Waals surface area contributed by atoms with E-state index in [0.29, 0.717) is 0 Å². The zero-order valence-electron chi connectivity index (χ0n) is 6.79. The van der Waals surface area contributed by atoms with Crippen LogP contribution in [0.3, 0.4) is 0 Å². The van der Waals surface area contributed by atoms with Gasteiger partial charge in [0.05, 0.1) is 0 Å². The molecular formula is C6H12O4S. The highest BCUT2D eigenvalue weighted by atomic mass is 32.2.